The van der Waals surface area contributed by atoms with Crippen LogP contribution in [0.25, 0.3) is 152 Å². The van der Waals surface area contributed by atoms with Gasteiger partial charge in [0.2, 0.25) is 0 Å². The van der Waals surface area contributed by atoms with E-state index in [1.54, 1.807) is 22.7 Å². The SMILES string of the molecule is c1ccc(-c2cc(-c3nc(-c4ccc5c(c4)sc4ccccc45)nc(-c4ccc5c(c4)sc4ccccc45)n3)cc(-c3ccccc3)c2-n2c3ccccc3c3ccc4c(c5ccccc5n4-c4ccccc4)c32)cc1. The van der Waals surface area contributed by atoms with Crippen LogP contribution in [0.2, 0.25) is 0 Å². The molecule has 0 atom stereocenters. The maximum absolute atomic E-state index is 5.50. The van der Waals surface area contributed by atoms with Crippen molar-refractivity contribution >= 4 is 107 Å². The summed E-state index contributed by atoms with van der Waals surface area (Å²) >= 11 is 3.61. The summed E-state index contributed by atoms with van der Waals surface area (Å²) in [6.07, 6.45) is 0. The molecule has 76 heavy (non-hydrogen) atoms. The van der Waals surface area contributed by atoms with Crippen LogP contribution in [0.15, 0.2) is 249 Å². The second-order valence-corrected chi connectivity index (χ2v) is 21.6. The third kappa shape index (κ3) is 6.66. The van der Waals surface area contributed by atoms with Gasteiger partial charge in [0.05, 0.1) is 27.8 Å². The Morgan fingerprint density at radius 2 is 0.711 bits per heavy atom. The molecule has 0 radical (unpaired) electrons. The number of fused-ring (bicyclic) bond motifs is 13. The summed E-state index contributed by atoms with van der Waals surface area (Å²) in [5, 5.41) is 9.77. The summed E-state index contributed by atoms with van der Waals surface area (Å²) in [4.78, 5) is 16.4. The standard InChI is InChI=1S/C69H41N5S2/c1-4-18-42(19-5-1)55-38-46(69-71-67(44-32-34-51-49-25-12-16-30-60(49)75-62(51)40-44)70-68(72-69)45-33-35-52-50-26-13-17-31-61(50)76-63(52)41-45)39-56(43-20-6-2-7-21-43)65(55)74-57-28-14-10-24-48(57)53-36-37-59-64(66(53)74)54-27-11-15-29-58(54)73(59)47-22-8-3-9-23-47/h1-41H. The molecule has 0 fully saturated rings. The first-order chi connectivity index (χ1) is 37.7. The summed E-state index contributed by atoms with van der Waals surface area (Å²) in [7, 11) is 0. The van der Waals surface area contributed by atoms with Gasteiger partial charge in [-0.05, 0) is 77.9 Å². The van der Waals surface area contributed by atoms with Crippen molar-refractivity contribution in [2.45, 2.75) is 0 Å². The molecule has 0 bridgehead atoms. The van der Waals surface area contributed by atoms with Crippen molar-refractivity contribution < 1.29 is 0 Å². The lowest BCUT2D eigenvalue weighted by atomic mass is 9.92. The predicted octanol–water partition coefficient (Wildman–Crippen LogP) is 19.1. The largest absolute Gasteiger partial charge is 0.309 e. The highest BCUT2D eigenvalue weighted by Gasteiger charge is 2.26. The summed E-state index contributed by atoms with van der Waals surface area (Å²) in [5.41, 5.74) is 13.9. The van der Waals surface area contributed by atoms with Crippen LogP contribution in [0.1, 0.15) is 0 Å². The molecule has 16 aromatic rings. The second kappa shape index (κ2) is 17.0. The molecule has 7 heteroatoms. The Kier molecular flexibility index (Phi) is 9.61. The molecule has 0 aliphatic heterocycles. The highest BCUT2D eigenvalue weighted by atomic mass is 32.1. The fraction of sp³-hybridized carbons (Fsp3) is 0. The zero-order valence-electron chi connectivity index (χ0n) is 40.7. The molecule has 0 saturated carbocycles. The van der Waals surface area contributed by atoms with E-state index in [0.29, 0.717) is 17.5 Å². The third-order valence-corrected chi connectivity index (χ3v) is 17.4. The lowest BCUT2D eigenvalue weighted by Crippen LogP contribution is -2.04. The van der Waals surface area contributed by atoms with Gasteiger partial charge >= 0.3 is 0 Å². The minimum absolute atomic E-state index is 0.601. The highest BCUT2D eigenvalue weighted by Crippen LogP contribution is 2.48. The van der Waals surface area contributed by atoms with E-state index in [-0.39, 0.29) is 0 Å². The fourth-order valence-corrected chi connectivity index (χ4v) is 14.1. The van der Waals surface area contributed by atoms with E-state index in [0.717, 1.165) is 72.4 Å². The molecular weight excluding hydrogens is 963 g/mol. The Morgan fingerprint density at radius 3 is 1.28 bits per heavy atom. The number of hydrogen-bond donors (Lipinski definition) is 0. The van der Waals surface area contributed by atoms with Gasteiger partial charge in [-0.15, -0.1) is 22.7 Å². The Hall–Kier alpha value is -9.53. The van der Waals surface area contributed by atoms with E-state index in [4.69, 9.17) is 15.0 Å². The van der Waals surface area contributed by atoms with Crippen LogP contribution in [-0.4, -0.2) is 24.1 Å². The van der Waals surface area contributed by atoms with E-state index < -0.39 is 0 Å². The number of para-hydroxylation sites is 3. The number of aromatic nitrogens is 5. The average Bonchev–Trinajstić information content (AvgIpc) is 4.38. The van der Waals surface area contributed by atoms with Crippen LogP contribution in [0.3, 0.4) is 0 Å². The number of thiophene rings is 2. The van der Waals surface area contributed by atoms with E-state index >= 15 is 0 Å². The predicted molar refractivity (Wildman–Crippen MR) is 321 cm³/mol. The van der Waals surface area contributed by atoms with Gasteiger partial charge in [-0.3, -0.25) is 0 Å². The van der Waals surface area contributed by atoms with E-state index in [1.165, 1.54) is 61.9 Å². The number of nitrogens with zero attached hydrogens (tertiary/aromatic N) is 5. The molecule has 0 aliphatic rings. The maximum atomic E-state index is 5.50. The monoisotopic (exact) mass is 1000 g/mol. The summed E-state index contributed by atoms with van der Waals surface area (Å²) in [5.74, 6) is 1.85. The molecule has 354 valence electrons. The molecule has 5 aromatic heterocycles. The molecule has 16 rings (SSSR count). The number of hydrogen-bond acceptors (Lipinski definition) is 5. The Morgan fingerprint density at radius 1 is 0.276 bits per heavy atom. The first kappa shape index (κ1) is 42.9. The van der Waals surface area contributed by atoms with Crippen LogP contribution >= 0.6 is 22.7 Å². The van der Waals surface area contributed by atoms with E-state index in [2.05, 4.69) is 258 Å². The fourth-order valence-electron chi connectivity index (χ4n) is 11.8. The topological polar surface area (TPSA) is 48.5 Å². The van der Waals surface area contributed by atoms with Crippen molar-refractivity contribution in [3.8, 4) is 67.8 Å². The minimum Gasteiger partial charge on any atom is -0.309 e. The summed E-state index contributed by atoms with van der Waals surface area (Å²) < 4.78 is 9.88. The van der Waals surface area contributed by atoms with Crippen molar-refractivity contribution in [2.24, 2.45) is 0 Å². The number of benzene rings is 11. The zero-order chi connectivity index (χ0) is 49.8. The van der Waals surface area contributed by atoms with Gasteiger partial charge in [-0.2, -0.15) is 0 Å². The van der Waals surface area contributed by atoms with Crippen LogP contribution in [0.5, 0.6) is 0 Å². The van der Waals surface area contributed by atoms with Gasteiger partial charge in [-0.25, -0.2) is 15.0 Å². The van der Waals surface area contributed by atoms with Crippen molar-refractivity contribution in [1.29, 1.82) is 0 Å². The van der Waals surface area contributed by atoms with Crippen molar-refractivity contribution in [2.75, 3.05) is 0 Å². The van der Waals surface area contributed by atoms with Crippen molar-refractivity contribution in [3.63, 3.8) is 0 Å². The van der Waals surface area contributed by atoms with Gasteiger partial charge < -0.3 is 9.13 Å². The molecule has 0 saturated heterocycles. The van der Waals surface area contributed by atoms with Crippen molar-refractivity contribution in [3.05, 3.63) is 249 Å². The lowest BCUT2D eigenvalue weighted by Gasteiger charge is -2.21. The van der Waals surface area contributed by atoms with Crippen LogP contribution in [-0.2, 0) is 0 Å². The lowest BCUT2D eigenvalue weighted by molar-refractivity contribution is 1.07. The second-order valence-electron chi connectivity index (χ2n) is 19.5. The zero-order valence-corrected chi connectivity index (χ0v) is 42.4. The molecule has 5 nitrogen and oxygen atoms in total. The Bertz CT molecular complexity index is 4800. The molecule has 0 amide bonds. The molecule has 0 N–H and O–H groups in total. The van der Waals surface area contributed by atoms with Gasteiger partial charge in [0.1, 0.15) is 0 Å². The molecular formula is C69H41N5S2. The number of rotatable bonds is 7. The minimum atomic E-state index is 0.601. The summed E-state index contributed by atoms with van der Waals surface area (Å²) in [6, 6.07) is 90.0. The van der Waals surface area contributed by atoms with Gasteiger partial charge in [0.25, 0.3) is 0 Å². The van der Waals surface area contributed by atoms with Crippen LogP contribution in [0, 0.1) is 0 Å². The quantitative estimate of drug-likeness (QED) is 0.160. The van der Waals surface area contributed by atoms with Gasteiger partial charge in [-0.1, -0.05) is 182 Å². The van der Waals surface area contributed by atoms with E-state index in [9.17, 15) is 0 Å². The van der Waals surface area contributed by atoms with Crippen molar-refractivity contribution in [1.82, 2.24) is 24.1 Å². The Labute approximate surface area is 444 Å². The average molecular weight is 1000 g/mol. The first-order valence-electron chi connectivity index (χ1n) is 25.6. The smallest absolute Gasteiger partial charge is 0.164 e. The molecule has 0 aliphatic carbocycles. The molecule has 0 spiro atoms. The van der Waals surface area contributed by atoms with Gasteiger partial charge in [0, 0.05) is 95.4 Å². The van der Waals surface area contributed by atoms with Crippen LogP contribution < -0.4 is 0 Å². The summed E-state index contributed by atoms with van der Waals surface area (Å²) in [6.45, 7) is 0. The third-order valence-electron chi connectivity index (χ3n) is 15.2. The maximum Gasteiger partial charge on any atom is 0.164 e. The Balaban J connectivity index is 1.01. The van der Waals surface area contributed by atoms with E-state index in [1.807, 2.05) is 0 Å². The van der Waals surface area contributed by atoms with Gasteiger partial charge in [0.15, 0.2) is 17.5 Å². The molecule has 0 unspecified atom stereocenters. The first-order valence-corrected chi connectivity index (χ1v) is 27.2. The molecule has 5 heterocycles. The normalized spacial score (nSPS) is 11.9. The molecule has 11 aromatic carbocycles. The highest BCUT2D eigenvalue weighted by molar-refractivity contribution is 7.26. The van der Waals surface area contributed by atoms with Crippen LogP contribution in [0.4, 0.5) is 0 Å².